The van der Waals surface area contributed by atoms with Crippen molar-refractivity contribution >= 4 is 39.7 Å². The molecule has 220 valence electrons. The Bertz CT molecular complexity index is 1150. The van der Waals surface area contributed by atoms with Gasteiger partial charge in [0.15, 0.2) is 4.83 Å². The second-order valence-electron chi connectivity index (χ2n) is 11.5. The molecule has 1 saturated carbocycles. The van der Waals surface area contributed by atoms with Gasteiger partial charge in [-0.25, -0.2) is 0 Å². The highest BCUT2D eigenvalue weighted by molar-refractivity contribution is 7.13. The Morgan fingerprint density at radius 3 is 2.55 bits per heavy atom. The van der Waals surface area contributed by atoms with E-state index in [0.717, 1.165) is 93.0 Å². The first-order valence-electron chi connectivity index (χ1n) is 15.0. The van der Waals surface area contributed by atoms with E-state index < -0.39 is 0 Å². The molecule has 1 saturated heterocycles. The zero-order valence-corrected chi connectivity index (χ0v) is 25.6. The summed E-state index contributed by atoms with van der Waals surface area (Å²) < 4.78 is 10.00. The van der Waals surface area contributed by atoms with Crippen LogP contribution in [0.1, 0.15) is 77.8 Å². The average molecular weight is 569 g/mol. The van der Waals surface area contributed by atoms with E-state index in [2.05, 4.69) is 52.6 Å². The minimum absolute atomic E-state index is 0.354. The molecule has 0 spiro atoms. The van der Waals surface area contributed by atoms with Gasteiger partial charge in [-0.3, -0.25) is 0 Å². The van der Waals surface area contributed by atoms with E-state index in [-0.39, 0.29) is 0 Å². The molecule has 40 heavy (non-hydrogen) atoms. The maximum atomic E-state index is 7.89. The van der Waals surface area contributed by atoms with Gasteiger partial charge in [-0.15, -0.1) is 0 Å². The molecule has 0 amide bonds. The summed E-state index contributed by atoms with van der Waals surface area (Å²) in [4.78, 5) is 13.0. The first-order valence-corrected chi connectivity index (χ1v) is 15.8. The van der Waals surface area contributed by atoms with E-state index in [1.165, 1.54) is 29.7 Å². The van der Waals surface area contributed by atoms with Crippen molar-refractivity contribution < 1.29 is 4.74 Å². The van der Waals surface area contributed by atoms with Crippen molar-refractivity contribution in [1.29, 1.82) is 5.41 Å². The first-order chi connectivity index (χ1) is 19.4. The number of aryl methyl sites for hydroxylation is 1. The second-order valence-corrected chi connectivity index (χ2v) is 12.2. The molecular formula is C30H48N8OS. The number of allylic oxidation sites excluding steroid dienone is 1. The van der Waals surface area contributed by atoms with Crippen LogP contribution < -0.4 is 16.0 Å². The summed E-state index contributed by atoms with van der Waals surface area (Å²) in [5.74, 6) is 1.91. The highest BCUT2D eigenvalue weighted by Gasteiger charge is 2.25. The van der Waals surface area contributed by atoms with Gasteiger partial charge in [-0.05, 0) is 96.1 Å². The zero-order valence-electron chi connectivity index (χ0n) is 24.8. The molecule has 9 nitrogen and oxygen atoms in total. The molecule has 4 rings (SSSR count). The van der Waals surface area contributed by atoms with Gasteiger partial charge in [0.2, 0.25) is 5.95 Å². The van der Waals surface area contributed by atoms with E-state index in [4.69, 9.17) is 20.1 Å². The third kappa shape index (κ3) is 8.24. The fourth-order valence-electron chi connectivity index (χ4n) is 5.71. The Morgan fingerprint density at radius 1 is 1.12 bits per heavy atom. The molecule has 1 aliphatic heterocycles. The number of ether oxygens (including phenoxy) is 1. The van der Waals surface area contributed by atoms with Gasteiger partial charge < -0.3 is 31.0 Å². The normalized spacial score (nSPS) is 20.7. The third-order valence-electron chi connectivity index (χ3n) is 8.22. The van der Waals surface area contributed by atoms with Crippen molar-refractivity contribution in [2.75, 3.05) is 36.9 Å². The number of anilines is 2. The molecule has 0 unspecified atom stereocenters. The number of nitrogens with zero attached hydrogens (tertiary/aromatic N) is 4. The highest BCUT2D eigenvalue weighted by Crippen LogP contribution is 2.34. The Morgan fingerprint density at radius 2 is 1.88 bits per heavy atom. The number of hydrogen-bond acceptors (Lipinski definition) is 10. The Labute approximate surface area is 243 Å². The summed E-state index contributed by atoms with van der Waals surface area (Å²) in [6, 6.07) is 1.29. The fraction of sp³-hybridized carbons (Fsp3) is 0.667. The lowest BCUT2D eigenvalue weighted by atomic mass is 9.81. The number of hydrogen-bond donors (Lipinski definition) is 4. The smallest absolute Gasteiger partial charge is 0.230 e. The molecule has 0 aromatic carbocycles. The molecule has 2 aliphatic rings. The van der Waals surface area contributed by atoms with E-state index in [1.807, 2.05) is 13.1 Å². The molecule has 4 N–H and O–H groups in total. The van der Waals surface area contributed by atoms with Crippen LogP contribution in [0.3, 0.4) is 0 Å². The molecule has 2 aromatic heterocycles. The molecule has 2 aromatic rings. The largest absolute Gasteiger partial charge is 0.386 e. The lowest BCUT2D eigenvalue weighted by molar-refractivity contribution is 0.0812. The van der Waals surface area contributed by atoms with Crippen molar-refractivity contribution in [2.24, 2.45) is 5.92 Å². The lowest BCUT2D eigenvalue weighted by Gasteiger charge is -2.32. The Kier molecular flexibility index (Phi) is 11.3. The molecule has 2 fully saturated rings. The van der Waals surface area contributed by atoms with Crippen molar-refractivity contribution in [3.05, 3.63) is 29.7 Å². The van der Waals surface area contributed by atoms with Crippen LogP contribution in [0.15, 0.2) is 24.0 Å². The van der Waals surface area contributed by atoms with Gasteiger partial charge in [-0.2, -0.15) is 14.3 Å². The standard InChI is InChI=1S/C30H48N8OS/c1-6-14-38(20(2)3)15-11-21(4)23-7-9-25(10-8-23)33-28-27-22(5)37-40-29(27)36-30(35-28)34-26(18-31)19-32-24-12-16-39-17-13-24/h18-20,23-25,31-32H,4,6-17H2,1-3,5H3,(H2,33,34,35,36)/b26-19+,31-18?/t23-,25-. The van der Waals surface area contributed by atoms with Crippen LogP contribution in [-0.2, 0) is 4.74 Å². The van der Waals surface area contributed by atoms with Gasteiger partial charge in [0.25, 0.3) is 0 Å². The monoisotopic (exact) mass is 568 g/mol. The van der Waals surface area contributed by atoms with Crippen LogP contribution in [0.4, 0.5) is 11.8 Å². The zero-order chi connectivity index (χ0) is 28.5. The number of aromatic nitrogens is 3. The summed E-state index contributed by atoms with van der Waals surface area (Å²) in [7, 11) is 0. The number of fused-ring (bicyclic) bond motifs is 1. The van der Waals surface area contributed by atoms with Crippen molar-refractivity contribution in [3.63, 3.8) is 0 Å². The van der Waals surface area contributed by atoms with Gasteiger partial charge in [0.05, 0.1) is 16.8 Å². The van der Waals surface area contributed by atoms with Crippen LogP contribution in [0.5, 0.6) is 0 Å². The molecule has 0 atom stereocenters. The minimum Gasteiger partial charge on any atom is -0.386 e. The summed E-state index contributed by atoms with van der Waals surface area (Å²) in [5.41, 5.74) is 2.98. The topological polar surface area (TPSA) is 111 Å². The van der Waals surface area contributed by atoms with E-state index in [9.17, 15) is 0 Å². The summed E-state index contributed by atoms with van der Waals surface area (Å²) in [6.07, 6.45) is 11.9. The van der Waals surface area contributed by atoms with E-state index >= 15 is 0 Å². The SMILES string of the molecule is C=C(CCN(CCC)C(C)C)[C@H]1CC[C@H](Nc2nc(N/C(C=N)=C/NC3CCOCC3)nc3snc(C)c23)CC1. The van der Waals surface area contributed by atoms with Gasteiger partial charge in [-0.1, -0.05) is 19.1 Å². The molecule has 0 bridgehead atoms. The fourth-order valence-corrected chi connectivity index (χ4v) is 6.49. The van der Waals surface area contributed by atoms with Crippen molar-refractivity contribution in [2.45, 2.75) is 97.2 Å². The summed E-state index contributed by atoms with van der Waals surface area (Å²) >= 11 is 1.39. The second kappa shape index (κ2) is 14.9. The van der Waals surface area contributed by atoms with Gasteiger partial charge >= 0.3 is 0 Å². The minimum atomic E-state index is 0.354. The molecule has 0 radical (unpaired) electrons. The van der Waals surface area contributed by atoms with Crippen LogP contribution >= 0.6 is 11.5 Å². The number of nitrogens with one attached hydrogen (secondary N) is 4. The van der Waals surface area contributed by atoms with E-state index in [1.54, 1.807) is 0 Å². The predicted octanol–water partition coefficient (Wildman–Crippen LogP) is 6.10. The van der Waals surface area contributed by atoms with Crippen molar-refractivity contribution in [3.8, 4) is 0 Å². The number of rotatable bonds is 14. The van der Waals surface area contributed by atoms with Crippen LogP contribution in [0.25, 0.3) is 10.2 Å². The predicted molar refractivity (Wildman–Crippen MR) is 168 cm³/mol. The van der Waals surface area contributed by atoms with Gasteiger partial charge in [0.1, 0.15) is 5.82 Å². The maximum absolute atomic E-state index is 7.89. The molecule has 10 heteroatoms. The summed E-state index contributed by atoms with van der Waals surface area (Å²) in [6.45, 7) is 17.2. The first kappa shape index (κ1) is 30.4. The Hall–Kier alpha value is -2.56. The van der Waals surface area contributed by atoms with Crippen LogP contribution in [0, 0.1) is 18.3 Å². The molecule has 1 aliphatic carbocycles. The highest BCUT2D eigenvalue weighted by atomic mass is 32.1. The Balaban J connectivity index is 1.37. The van der Waals surface area contributed by atoms with Crippen molar-refractivity contribution in [1.82, 2.24) is 24.6 Å². The third-order valence-corrected chi connectivity index (χ3v) is 9.05. The van der Waals surface area contributed by atoms with E-state index in [0.29, 0.717) is 35.7 Å². The van der Waals surface area contributed by atoms with Gasteiger partial charge in [0, 0.05) is 50.3 Å². The molecular weight excluding hydrogens is 520 g/mol. The average Bonchev–Trinajstić information content (AvgIpc) is 3.34. The maximum Gasteiger partial charge on any atom is 0.230 e. The molecule has 3 heterocycles. The lowest BCUT2D eigenvalue weighted by Crippen LogP contribution is -2.33. The summed E-state index contributed by atoms with van der Waals surface area (Å²) in [5, 5.41) is 19.3. The van der Waals surface area contributed by atoms with Crippen LogP contribution in [0.2, 0.25) is 0 Å². The quantitative estimate of drug-likeness (QED) is 0.160. The van der Waals surface area contributed by atoms with Crippen LogP contribution in [-0.4, -0.2) is 69.9 Å².